The van der Waals surface area contributed by atoms with Crippen molar-refractivity contribution in [1.82, 2.24) is 5.32 Å². The van der Waals surface area contributed by atoms with Crippen molar-refractivity contribution in [3.8, 4) is 0 Å². The van der Waals surface area contributed by atoms with Gasteiger partial charge in [-0.05, 0) is 19.1 Å². The summed E-state index contributed by atoms with van der Waals surface area (Å²) in [5.41, 5.74) is -2.96. The third kappa shape index (κ3) is 3.65. The van der Waals surface area contributed by atoms with Crippen LogP contribution in [-0.4, -0.2) is 39.2 Å². The van der Waals surface area contributed by atoms with Crippen LogP contribution in [-0.2, 0) is 4.79 Å². The molecule has 0 saturated heterocycles. The summed E-state index contributed by atoms with van der Waals surface area (Å²) in [5.74, 6) is -2.40. The second-order valence-corrected chi connectivity index (χ2v) is 4.62. The average molecular weight is 303 g/mol. The van der Waals surface area contributed by atoms with Gasteiger partial charge in [0.2, 0.25) is 0 Å². The maximum absolute atomic E-state index is 11.8. The molecule has 1 unspecified atom stereocenters. The Morgan fingerprint density at radius 1 is 1.50 bits per heavy atom. The molecule has 1 rings (SSSR count). The quantitative estimate of drug-likeness (QED) is 0.545. The van der Waals surface area contributed by atoms with E-state index < -0.39 is 34.6 Å². The number of nitrogens with one attached hydrogen (secondary N) is 1. The molecule has 3 N–H and O–H groups in total. The molecule has 0 heterocycles. The molecule has 0 aliphatic heterocycles. The molecule has 9 heteroatoms. The number of carbonyl (C=O) groups excluding carboxylic acids is 1. The number of nitrogens with zero attached hydrogens (tertiary/aromatic N) is 1. The van der Waals surface area contributed by atoms with E-state index in [1.54, 1.807) is 0 Å². The molecular formula is C11H11ClN2O6. The van der Waals surface area contributed by atoms with Gasteiger partial charge in [-0.3, -0.25) is 14.9 Å². The van der Waals surface area contributed by atoms with Gasteiger partial charge in [-0.2, -0.15) is 0 Å². The van der Waals surface area contributed by atoms with Crippen molar-refractivity contribution in [2.24, 2.45) is 0 Å². The molecule has 0 aliphatic rings. The molecule has 1 amide bonds. The number of halogens is 1. The fourth-order valence-electron chi connectivity index (χ4n) is 1.27. The van der Waals surface area contributed by atoms with Gasteiger partial charge in [-0.1, -0.05) is 11.6 Å². The standard InChI is InChI=1S/C11H11ClN2O6/c1-11(18,10(16)17)5-13-9(15)7-3-2-6(12)4-8(7)14(19)20/h2-4,18H,5H2,1H3,(H,13,15)(H,16,17). The van der Waals surface area contributed by atoms with Crippen molar-refractivity contribution >= 4 is 29.2 Å². The van der Waals surface area contributed by atoms with Gasteiger partial charge >= 0.3 is 5.97 Å². The highest BCUT2D eigenvalue weighted by Crippen LogP contribution is 2.23. The molecule has 0 aliphatic carbocycles. The zero-order chi connectivity index (χ0) is 15.5. The first kappa shape index (κ1) is 15.9. The Bertz CT molecular complexity index is 572. The minimum absolute atomic E-state index is 0.0887. The number of aliphatic hydroxyl groups is 1. The van der Waals surface area contributed by atoms with E-state index in [9.17, 15) is 24.8 Å². The lowest BCUT2D eigenvalue weighted by Gasteiger charge is -2.18. The SMILES string of the molecule is CC(O)(CNC(=O)c1ccc(Cl)cc1[N+](=O)[O-])C(=O)O. The van der Waals surface area contributed by atoms with Gasteiger partial charge in [0.25, 0.3) is 11.6 Å². The summed E-state index contributed by atoms with van der Waals surface area (Å²) in [6.07, 6.45) is 0. The van der Waals surface area contributed by atoms with Crippen LogP contribution in [0.1, 0.15) is 17.3 Å². The van der Waals surface area contributed by atoms with Crippen LogP contribution in [0.2, 0.25) is 5.02 Å². The predicted molar refractivity (Wildman–Crippen MR) is 68.7 cm³/mol. The average Bonchev–Trinajstić information content (AvgIpc) is 2.35. The van der Waals surface area contributed by atoms with Crippen LogP contribution in [0.25, 0.3) is 0 Å². The third-order valence-corrected chi connectivity index (χ3v) is 2.69. The van der Waals surface area contributed by atoms with Crippen LogP contribution in [0.4, 0.5) is 5.69 Å². The molecule has 0 fully saturated rings. The van der Waals surface area contributed by atoms with Gasteiger partial charge in [0, 0.05) is 11.1 Å². The zero-order valence-electron chi connectivity index (χ0n) is 10.3. The van der Waals surface area contributed by atoms with E-state index in [0.717, 1.165) is 19.1 Å². The molecule has 1 aromatic rings. The summed E-state index contributed by atoms with van der Waals surface area (Å²) in [5, 5.41) is 31.1. The first-order valence-electron chi connectivity index (χ1n) is 5.33. The van der Waals surface area contributed by atoms with Crippen LogP contribution < -0.4 is 5.32 Å². The minimum atomic E-state index is -2.17. The zero-order valence-corrected chi connectivity index (χ0v) is 11.0. The van der Waals surface area contributed by atoms with Gasteiger partial charge in [0.05, 0.1) is 11.5 Å². The Labute approximate surface area is 118 Å². The summed E-state index contributed by atoms with van der Waals surface area (Å²) in [7, 11) is 0. The topological polar surface area (TPSA) is 130 Å². The Hall–Kier alpha value is -2.19. The van der Waals surface area contributed by atoms with Crippen molar-refractivity contribution < 1.29 is 24.7 Å². The number of amides is 1. The maximum Gasteiger partial charge on any atom is 0.337 e. The van der Waals surface area contributed by atoms with Gasteiger partial charge in [0.1, 0.15) is 5.56 Å². The van der Waals surface area contributed by atoms with Crippen molar-refractivity contribution in [2.75, 3.05) is 6.54 Å². The van der Waals surface area contributed by atoms with E-state index in [4.69, 9.17) is 16.7 Å². The van der Waals surface area contributed by atoms with Crippen LogP contribution in [0, 0.1) is 10.1 Å². The Morgan fingerprint density at radius 2 is 2.10 bits per heavy atom. The second-order valence-electron chi connectivity index (χ2n) is 4.18. The molecule has 0 aromatic heterocycles. The van der Waals surface area contributed by atoms with E-state index in [1.165, 1.54) is 6.07 Å². The Balaban J connectivity index is 2.94. The molecule has 0 bridgehead atoms. The number of aliphatic carboxylic acids is 1. The van der Waals surface area contributed by atoms with Crippen LogP contribution >= 0.6 is 11.6 Å². The highest BCUT2D eigenvalue weighted by molar-refractivity contribution is 6.31. The van der Waals surface area contributed by atoms with E-state index >= 15 is 0 Å². The molecular weight excluding hydrogens is 292 g/mol. The highest BCUT2D eigenvalue weighted by Gasteiger charge is 2.31. The van der Waals surface area contributed by atoms with E-state index in [0.29, 0.717) is 0 Å². The minimum Gasteiger partial charge on any atom is -0.479 e. The smallest absolute Gasteiger partial charge is 0.337 e. The Morgan fingerprint density at radius 3 is 2.60 bits per heavy atom. The van der Waals surface area contributed by atoms with Crippen LogP contribution in [0.15, 0.2) is 18.2 Å². The van der Waals surface area contributed by atoms with Gasteiger partial charge in [0.15, 0.2) is 5.60 Å². The summed E-state index contributed by atoms with van der Waals surface area (Å²) in [6, 6.07) is 3.44. The Kier molecular flexibility index (Phi) is 4.64. The number of rotatable bonds is 5. The summed E-state index contributed by atoms with van der Waals surface area (Å²) in [6.45, 7) is 0.396. The molecule has 0 radical (unpaired) electrons. The fourth-order valence-corrected chi connectivity index (χ4v) is 1.44. The van der Waals surface area contributed by atoms with E-state index in [1.807, 2.05) is 0 Å². The molecule has 8 nitrogen and oxygen atoms in total. The van der Waals surface area contributed by atoms with Crippen molar-refractivity contribution in [1.29, 1.82) is 0 Å². The molecule has 20 heavy (non-hydrogen) atoms. The summed E-state index contributed by atoms with van der Waals surface area (Å²) < 4.78 is 0. The number of nitro benzene ring substituents is 1. The third-order valence-electron chi connectivity index (χ3n) is 2.46. The monoisotopic (exact) mass is 302 g/mol. The number of carbonyl (C=O) groups is 2. The molecule has 0 spiro atoms. The number of hydrogen-bond donors (Lipinski definition) is 3. The summed E-state index contributed by atoms with van der Waals surface area (Å²) in [4.78, 5) is 32.5. The van der Waals surface area contributed by atoms with E-state index in [-0.39, 0.29) is 10.6 Å². The highest BCUT2D eigenvalue weighted by atomic mass is 35.5. The van der Waals surface area contributed by atoms with Crippen LogP contribution in [0.3, 0.4) is 0 Å². The molecule has 0 saturated carbocycles. The lowest BCUT2D eigenvalue weighted by molar-refractivity contribution is -0.385. The number of benzene rings is 1. The largest absolute Gasteiger partial charge is 0.479 e. The molecule has 1 atom stereocenters. The first-order valence-corrected chi connectivity index (χ1v) is 5.71. The predicted octanol–water partition coefficient (Wildman–Crippen LogP) is 0.814. The first-order chi connectivity index (χ1) is 9.15. The van der Waals surface area contributed by atoms with Gasteiger partial charge in [-0.25, -0.2) is 4.79 Å². The molecule has 1 aromatic carbocycles. The number of hydrogen-bond acceptors (Lipinski definition) is 5. The number of carboxylic acids is 1. The number of carboxylic acid groups (broad SMARTS) is 1. The van der Waals surface area contributed by atoms with Gasteiger partial charge < -0.3 is 15.5 Å². The fraction of sp³-hybridized carbons (Fsp3) is 0.273. The van der Waals surface area contributed by atoms with Crippen molar-refractivity contribution in [2.45, 2.75) is 12.5 Å². The van der Waals surface area contributed by atoms with Crippen LogP contribution in [0.5, 0.6) is 0 Å². The lowest BCUT2D eigenvalue weighted by atomic mass is 10.1. The lowest BCUT2D eigenvalue weighted by Crippen LogP contribution is -2.46. The van der Waals surface area contributed by atoms with Crippen molar-refractivity contribution in [3.05, 3.63) is 38.9 Å². The second kappa shape index (κ2) is 5.85. The van der Waals surface area contributed by atoms with Gasteiger partial charge in [-0.15, -0.1) is 0 Å². The van der Waals surface area contributed by atoms with E-state index in [2.05, 4.69) is 5.32 Å². The number of nitro groups is 1. The normalized spacial score (nSPS) is 13.3. The summed E-state index contributed by atoms with van der Waals surface area (Å²) >= 11 is 5.60. The maximum atomic E-state index is 11.8. The molecule has 108 valence electrons. The van der Waals surface area contributed by atoms with Crippen molar-refractivity contribution in [3.63, 3.8) is 0 Å².